The van der Waals surface area contributed by atoms with Gasteiger partial charge in [-0.05, 0) is 6.07 Å². The van der Waals surface area contributed by atoms with E-state index in [-0.39, 0.29) is 5.69 Å². The van der Waals surface area contributed by atoms with Gasteiger partial charge in [0.1, 0.15) is 0 Å². The lowest BCUT2D eigenvalue weighted by Crippen LogP contribution is -2.35. The van der Waals surface area contributed by atoms with E-state index in [0.29, 0.717) is 0 Å². The van der Waals surface area contributed by atoms with Gasteiger partial charge in [0.15, 0.2) is 6.10 Å². The van der Waals surface area contributed by atoms with Crippen molar-refractivity contribution in [1.29, 1.82) is 0 Å². The summed E-state index contributed by atoms with van der Waals surface area (Å²) < 4.78 is 64.4. The highest BCUT2D eigenvalue weighted by atomic mass is 19.4. The highest BCUT2D eigenvalue weighted by Crippen LogP contribution is 2.31. The van der Waals surface area contributed by atoms with E-state index in [0.717, 1.165) is 18.2 Å². The quantitative estimate of drug-likeness (QED) is 0.478. The number of halogens is 5. The van der Waals surface area contributed by atoms with Gasteiger partial charge in [0.25, 0.3) is 0 Å². The predicted octanol–water partition coefficient (Wildman–Crippen LogP) is 2.53. The predicted molar refractivity (Wildman–Crippen MR) is 60.3 cm³/mol. The zero-order valence-electron chi connectivity index (χ0n) is 10.1. The van der Waals surface area contributed by atoms with E-state index >= 15 is 0 Å². The van der Waals surface area contributed by atoms with Crippen LogP contribution in [0.4, 0.5) is 33.3 Å². The first-order valence-electron chi connectivity index (χ1n) is 5.33. The lowest BCUT2D eigenvalue weighted by Gasteiger charge is -2.16. The van der Waals surface area contributed by atoms with Gasteiger partial charge in [0.05, 0.1) is 4.92 Å². The molecule has 1 aromatic carbocycles. The van der Waals surface area contributed by atoms with Gasteiger partial charge in [-0.1, -0.05) is 0 Å². The van der Waals surface area contributed by atoms with Gasteiger partial charge < -0.3 is 15.2 Å². The number of nitro groups is 1. The summed E-state index contributed by atoms with van der Waals surface area (Å²) in [6.45, 7) is -4.28. The van der Waals surface area contributed by atoms with Crippen LogP contribution in [0.25, 0.3) is 0 Å². The van der Waals surface area contributed by atoms with Gasteiger partial charge in [-0.2, -0.15) is 22.0 Å². The number of anilines is 1. The Morgan fingerprint density at radius 3 is 2.48 bits per heavy atom. The lowest BCUT2D eigenvalue weighted by molar-refractivity contribution is -0.386. The summed E-state index contributed by atoms with van der Waals surface area (Å²) in [5.74, 6) is -0.804. The number of nitrogens with one attached hydrogen (secondary N) is 1. The number of nitrogens with zero attached hydrogens (tertiary/aromatic N) is 1. The molecule has 1 aromatic rings. The Morgan fingerprint density at radius 2 is 2.00 bits per heavy atom. The summed E-state index contributed by atoms with van der Waals surface area (Å²) in [6, 6.07) is 2.53. The molecule has 0 aromatic heterocycles. The van der Waals surface area contributed by atoms with E-state index in [2.05, 4.69) is 10.1 Å². The number of ether oxygens (including phenoxy) is 1. The molecular formula is C10H9F5N2O4. The van der Waals surface area contributed by atoms with Crippen LogP contribution in [0.15, 0.2) is 18.2 Å². The minimum Gasteiger partial charge on any atom is -0.427 e. The Kier molecular flexibility index (Phi) is 5.24. The van der Waals surface area contributed by atoms with Crippen LogP contribution in [0.2, 0.25) is 0 Å². The molecule has 0 spiro atoms. The van der Waals surface area contributed by atoms with E-state index in [9.17, 15) is 32.1 Å². The third-order valence-electron chi connectivity index (χ3n) is 2.25. The van der Waals surface area contributed by atoms with Crippen LogP contribution in [0, 0.1) is 10.1 Å². The van der Waals surface area contributed by atoms with E-state index in [1.54, 1.807) is 0 Å². The summed E-state index contributed by atoms with van der Waals surface area (Å²) in [5, 5.41) is 21.5. The van der Waals surface area contributed by atoms with E-state index in [4.69, 9.17) is 5.11 Å². The topological polar surface area (TPSA) is 84.6 Å². The molecule has 0 heterocycles. The van der Waals surface area contributed by atoms with Gasteiger partial charge in [-0.25, -0.2) is 0 Å². The first-order chi connectivity index (χ1) is 9.61. The van der Waals surface area contributed by atoms with Crippen molar-refractivity contribution in [2.24, 2.45) is 0 Å². The van der Waals surface area contributed by atoms with Crippen LogP contribution in [-0.4, -0.2) is 35.5 Å². The largest absolute Gasteiger partial charge is 0.427 e. The van der Waals surface area contributed by atoms with Crippen molar-refractivity contribution in [3.63, 3.8) is 0 Å². The van der Waals surface area contributed by atoms with Gasteiger partial charge in [0, 0.05) is 24.4 Å². The summed E-state index contributed by atoms with van der Waals surface area (Å²) in [5.41, 5.74) is -0.920. The molecule has 0 unspecified atom stereocenters. The molecule has 0 aliphatic rings. The van der Waals surface area contributed by atoms with Crippen molar-refractivity contribution in [2.75, 3.05) is 11.9 Å². The van der Waals surface area contributed by atoms with Crippen molar-refractivity contribution in [1.82, 2.24) is 0 Å². The third kappa shape index (κ3) is 5.02. The normalized spacial score (nSPS) is 13.1. The fraction of sp³-hybridized carbons (Fsp3) is 0.400. The van der Waals surface area contributed by atoms with Crippen LogP contribution in [-0.2, 0) is 0 Å². The Morgan fingerprint density at radius 1 is 1.38 bits per heavy atom. The second kappa shape index (κ2) is 6.52. The first-order valence-corrected chi connectivity index (χ1v) is 5.33. The SMILES string of the molecule is O=[N+]([O-])c1ccc(NC[C@H](O)C(F)(F)F)cc1OC(F)F. The van der Waals surface area contributed by atoms with E-state index in [1.165, 1.54) is 0 Å². The highest BCUT2D eigenvalue weighted by Gasteiger charge is 2.37. The molecule has 1 atom stereocenters. The maximum absolute atomic E-state index is 12.1. The molecule has 0 aliphatic heterocycles. The monoisotopic (exact) mass is 316 g/mol. The standard InChI is InChI=1S/C10H9F5N2O4/c11-9(12)21-7-3-5(1-2-6(7)17(19)20)16-4-8(18)10(13,14)15/h1-3,8-9,16,18H,4H2/t8-/m0/s1. The minimum atomic E-state index is -4.85. The van der Waals surface area contributed by atoms with Crippen LogP contribution in [0.3, 0.4) is 0 Å². The second-order valence-corrected chi connectivity index (χ2v) is 3.76. The van der Waals surface area contributed by atoms with Gasteiger partial charge in [-0.3, -0.25) is 10.1 Å². The molecule has 0 bridgehead atoms. The van der Waals surface area contributed by atoms with Crippen LogP contribution < -0.4 is 10.1 Å². The number of rotatable bonds is 6. The minimum absolute atomic E-state index is 0.153. The molecule has 6 nitrogen and oxygen atoms in total. The van der Waals surface area contributed by atoms with Gasteiger partial charge in [-0.15, -0.1) is 0 Å². The molecule has 0 fully saturated rings. The number of nitro benzene ring substituents is 1. The Labute approximate surface area is 114 Å². The molecule has 0 amide bonds. The second-order valence-electron chi connectivity index (χ2n) is 3.76. The Bertz CT molecular complexity index is 509. The number of hydrogen-bond acceptors (Lipinski definition) is 5. The fourth-order valence-corrected chi connectivity index (χ4v) is 1.30. The first kappa shape index (κ1) is 16.9. The van der Waals surface area contributed by atoms with E-state index in [1.807, 2.05) is 0 Å². The molecule has 118 valence electrons. The molecule has 11 heteroatoms. The van der Waals surface area contributed by atoms with Crippen LogP contribution in [0.1, 0.15) is 0 Å². The van der Waals surface area contributed by atoms with Crippen molar-refractivity contribution in [3.8, 4) is 5.75 Å². The van der Waals surface area contributed by atoms with Crippen molar-refractivity contribution in [2.45, 2.75) is 18.9 Å². The van der Waals surface area contributed by atoms with Gasteiger partial charge in [0.2, 0.25) is 5.75 Å². The molecule has 0 radical (unpaired) electrons. The Balaban J connectivity index is 2.87. The summed E-state index contributed by atoms with van der Waals surface area (Å²) in [7, 11) is 0. The van der Waals surface area contributed by atoms with E-state index < -0.39 is 41.8 Å². The number of aliphatic hydroxyl groups is 1. The smallest absolute Gasteiger partial charge is 0.416 e. The van der Waals surface area contributed by atoms with Crippen molar-refractivity contribution < 1.29 is 36.7 Å². The van der Waals surface area contributed by atoms with Crippen LogP contribution >= 0.6 is 0 Å². The molecule has 1 rings (SSSR count). The zero-order valence-corrected chi connectivity index (χ0v) is 10.1. The number of aliphatic hydroxyl groups excluding tert-OH is 1. The average Bonchev–Trinajstić information content (AvgIpc) is 2.33. The van der Waals surface area contributed by atoms with Crippen molar-refractivity contribution >= 4 is 11.4 Å². The van der Waals surface area contributed by atoms with Gasteiger partial charge >= 0.3 is 18.5 Å². The maximum atomic E-state index is 12.1. The average molecular weight is 316 g/mol. The maximum Gasteiger partial charge on any atom is 0.416 e. The molecule has 21 heavy (non-hydrogen) atoms. The molecular weight excluding hydrogens is 307 g/mol. The zero-order chi connectivity index (χ0) is 16.2. The molecule has 2 N–H and O–H groups in total. The summed E-state index contributed by atoms with van der Waals surface area (Å²) >= 11 is 0. The van der Waals surface area contributed by atoms with Crippen molar-refractivity contribution in [3.05, 3.63) is 28.3 Å². The molecule has 0 saturated carbocycles. The van der Waals surface area contributed by atoms with Crippen LogP contribution in [0.5, 0.6) is 5.75 Å². The number of alkyl halides is 5. The summed E-state index contributed by atoms with van der Waals surface area (Å²) in [6.07, 6.45) is -7.53. The summed E-state index contributed by atoms with van der Waals surface area (Å²) in [4.78, 5) is 9.60. The molecule has 0 aliphatic carbocycles. The number of hydrogen-bond donors (Lipinski definition) is 2. The lowest BCUT2D eigenvalue weighted by atomic mass is 10.2. The highest BCUT2D eigenvalue weighted by molar-refractivity contribution is 5.58. The number of benzene rings is 1. The fourth-order valence-electron chi connectivity index (χ4n) is 1.30. The third-order valence-corrected chi connectivity index (χ3v) is 2.25. The molecule has 0 saturated heterocycles. The Hall–Kier alpha value is -2.17.